The summed E-state index contributed by atoms with van der Waals surface area (Å²) in [6, 6.07) is 16.1. The number of halogens is 1. The number of ether oxygens (including phenoxy) is 1. The van der Waals surface area contributed by atoms with Crippen molar-refractivity contribution in [2.75, 3.05) is 44.2 Å². The maximum absolute atomic E-state index is 10.4. The molecule has 1 saturated heterocycles. The molecular weight excluding hydrogens is 372 g/mol. The number of hydrogen-bond donors (Lipinski definition) is 1. The first-order chi connectivity index (χ1) is 13.3. The normalized spacial score (nSPS) is 16.8. The molecule has 0 unspecified atom stereocenters. The van der Waals surface area contributed by atoms with Gasteiger partial charge in [-0.25, -0.2) is 0 Å². The Bertz CT molecular complexity index is 750. The highest BCUT2D eigenvalue weighted by Gasteiger charge is 2.20. The predicted molar refractivity (Wildman–Crippen MR) is 117 cm³/mol. The molecule has 152 valence electrons. The highest BCUT2D eigenvalue weighted by molar-refractivity contribution is 6.30. The van der Waals surface area contributed by atoms with Crippen LogP contribution < -0.4 is 9.64 Å². The molecule has 1 N–H and O–H groups in total. The van der Waals surface area contributed by atoms with Crippen LogP contribution in [-0.2, 0) is 5.41 Å². The quantitative estimate of drug-likeness (QED) is 0.785. The number of nitrogens with zero attached hydrogens (tertiary/aromatic N) is 2. The summed E-state index contributed by atoms with van der Waals surface area (Å²) in [4.78, 5) is 4.62. The van der Waals surface area contributed by atoms with Crippen molar-refractivity contribution in [3.05, 3.63) is 59.1 Å². The lowest BCUT2D eigenvalue weighted by atomic mass is 9.87. The number of hydrogen-bond acceptors (Lipinski definition) is 4. The molecule has 5 heteroatoms. The summed E-state index contributed by atoms with van der Waals surface area (Å²) in [6.45, 7) is 11.2. The van der Waals surface area contributed by atoms with Gasteiger partial charge in [-0.3, -0.25) is 4.90 Å². The predicted octanol–water partition coefficient (Wildman–Crippen LogP) is 4.20. The molecule has 1 atom stereocenters. The van der Waals surface area contributed by atoms with Gasteiger partial charge >= 0.3 is 0 Å². The van der Waals surface area contributed by atoms with Gasteiger partial charge in [-0.05, 0) is 41.3 Å². The van der Waals surface area contributed by atoms with Gasteiger partial charge in [-0.2, -0.15) is 0 Å². The lowest BCUT2D eigenvalue weighted by molar-refractivity contribution is 0.0663. The number of rotatable bonds is 6. The van der Waals surface area contributed by atoms with Gasteiger partial charge in [-0.15, -0.1) is 0 Å². The van der Waals surface area contributed by atoms with Crippen molar-refractivity contribution < 1.29 is 9.84 Å². The second-order valence-corrected chi connectivity index (χ2v) is 8.94. The zero-order chi connectivity index (χ0) is 20.1. The van der Waals surface area contributed by atoms with Crippen LogP contribution in [0.3, 0.4) is 0 Å². The smallest absolute Gasteiger partial charge is 0.119 e. The maximum Gasteiger partial charge on any atom is 0.119 e. The molecule has 0 aliphatic carbocycles. The van der Waals surface area contributed by atoms with Crippen molar-refractivity contribution in [1.82, 2.24) is 4.90 Å². The standard InChI is InChI=1S/C23H31ClN2O2/c1-23(2,3)18-7-9-22(10-8-18)28-17-21(27)16-25-11-13-26(14-12-25)20-6-4-5-19(24)15-20/h4-10,15,21,27H,11-14,16-17H2,1-3H3/t21-/m0/s1. The SMILES string of the molecule is CC(C)(C)c1ccc(OC[C@@H](O)CN2CCN(c3cccc(Cl)c3)CC2)cc1. The van der Waals surface area contributed by atoms with Gasteiger partial charge in [0.15, 0.2) is 0 Å². The first kappa shape index (κ1) is 21.0. The van der Waals surface area contributed by atoms with Gasteiger partial charge in [0.1, 0.15) is 18.5 Å². The van der Waals surface area contributed by atoms with Crippen LogP contribution in [0.2, 0.25) is 5.02 Å². The van der Waals surface area contributed by atoms with Crippen LogP contribution in [-0.4, -0.2) is 55.4 Å². The van der Waals surface area contributed by atoms with E-state index < -0.39 is 6.10 Å². The van der Waals surface area contributed by atoms with E-state index in [9.17, 15) is 5.11 Å². The molecular formula is C23H31ClN2O2. The Morgan fingerprint density at radius 2 is 1.71 bits per heavy atom. The Kier molecular flexibility index (Phi) is 6.86. The van der Waals surface area contributed by atoms with Crippen molar-refractivity contribution >= 4 is 17.3 Å². The van der Waals surface area contributed by atoms with E-state index in [1.165, 1.54) is 5.56 Å². The van der Waals surface area contributed by atoms with E-state index in [-0.39, 0.29) is 5.41 Å². The molecule has 3 rings (SSSR count). The minimum Gasteiger partial charge on any atom is -0.491 e. The van der Waals surface area contributed by atoms with E-state index >= 15 is 0 Å². The topological polar surface area (TPSA) is 35.9 Å². The number of benzene rings is 2. The minimum atomic E-state index is -0.500. The molecule has 0 aromatic heterocycles. The van der Waals surface area contributed by atoms with Crippen LogP contribution in [0.5, 0.6) is 5.75 Å². The Morgan fingerprint density at radius 3 is 2.32 bits per heavy atom. The molecule has 2 aromatic carbocycles. The second kappa shape index (κ2) is 9.17. The summed E-state index contributed by atoms with van der Waals surface area (Å²) >= 11 is 6.09. The molecule has 0 amide bonds. The van der Waals surface area contributed by atoms with Crippen molar-refractivity contribution in [1.29, 1.82) is 0 Å². The van der Waals surface area contributed by atoms with E-state index in [2.05, 4.69) is 48.8 Å². The number of anilines is 1. The van der Waals surface area contributed by atoms with Crippen molar-refractivity contribution in [3.63, 3.8) is 0 Å². The monoisotopic (exact) mass is 402 g/mol. The molecule has 2 aromatic rings. The highest BCUT2D eigenvalue weighted by Crippen LogP contribution is 2.24. The fourth-order valence-corrected chi connectivity index (χ4v) is 3.64. The molecule has 1 aliphatic heterocycles. The molecule has 0 saturated carbocycles. The van der Waals surface area contributed by atoms with Crippen LogP contribution in [0.15, 0.2) is 48.5 Å². The summed E-state index contributed by atoms with van der Waals surface area (Å²) in [5, 5.41) is 11.1. The lowest BCUT2D eigenvalue weighted by Gasteiger charge is -2.36. The van der Waals surface area contributed by atoms with Gasteiger partial charge in [0.2, 0.25) is 0 Å². The van der Waals surface area contributed by atoms with Crippen molar-refractivity contribution in [3.8, 4) is 5.75 Å². The summed E-state index contributed by atoms with van der Waals surface area (Å²) in [5.74, 6) is 0.804. The number of β-amino-alcohol motifs (C(OH)–C–C–N with tert-alkyl or cyclic N) is 1. The zero-order valence-electron chi connectivity index (χ0n) is 17.1. The Labute approximate surface area is 173 Å². The summed E-state index contributed by atoms with van der Waals surface area (Å²) in [7, 11) is 0. The van der Waals surface area contributed by atoms with E-state index in [0.29, 0.717) is 13.2 Å². The molecule has 4 nitrogen and oxygen atoms in total. The summed E-state index contributed by atoms with van der Waals surface area (Å²) in [6.07, 6.45) is -0.500. The maximum atomic E-state index is 10.4. The van der Waals surface area contributed by atoms with Crippen LogP contribution in [0.25, 0.3) is 0 Å². The van der Waals surface area contributed by atoms with Crippen LogP contribution in [0.4, 0.5) is 5.69 Å². The number of piperazine rings is 1. The van der Waals surface area contributed by atoms with E-state index in [1.54, 1.807) is 0 Å². The molecule has 28 heavy (non-hydrogen) atoms. The fraction of sp³-hybridized carbons (Fsp3) is 0.478. The average molecular weight is 403 g/mol. The molecule has 1 aliphatic rings. The van der Waals surface area contributed by atoms with E-state index in [0.717, 1.165) is 42.6 Å². The van der Waals surface area contributed by atoms with E-state index in [4.69, 9.17) is 16.3 Å². The third-order valence-electron chi connectivity index (χ3n) is 5.18. The average Bonchev–Trinajstić information content (AvgIpc) is 2.67. The van der Waals surface area contributed by atoms with Crippen LogP contribution >= 0.6 is 11.6 Å². The van der Waals surface area contributed by atoms with Gasteiger partial charge in [0, 0.05) is 43.4 Å². The molecule has 1 fully saturated rings. The van der Waals surface area contributed by atoms with Gasteiger partial charge < -0.3 is 14.7 Å². The largest absolute Gasteiger partial charge is 0.491 e. The van der Waals surface area contributed by atoms with Gasteiger partial charge in [0.25, 0.3) is 0 Å². The molecule has 0 bridgehead atoms. The third-order valence-corrected chi connectivity index (χ3v) is 5.41. The lowest BCUT2D eigenvalue weighted by Crippen LogP contribution is -2.49. The summed E-state index contributed by atoms with van der Waals surface area (Å²) < 4.78 is 5.78. The second-order valence-electron chi connectivity index (χ2n) is 8.51. The molecule has 0 radical (unpaired) electrons. The van der Waals surface area contributed by atoms with Crippen molar-refractivity contribution in [2.45, 2.75) is 32.3 Å². The Hall–Kier alpha value is -1.75. The molecule has 0 spiro atoms. The number of aliphatic hydroxyl groups is 1. The van der Waals surface area contributed by atoms with E-state index in [1.807, 2.05) is 30.3 Å². The Morgan fingerprint density at radius 1 is 1.04 bits per heavy atom. The van der Waals surface area contributed by atoms with Crippen LogP contribution in [0.1, 0.15) is 26.3 Å². The highest BCUT2D eigenvalue weighted by atomic mass is 35.5. The van der Waals surface area contributed by atoms with Gasteiger partial charge in [-0.1, -0.05) is 50.6 Å². The van der Waals surface area contributed by atoms with Crippen molar-refractivity contribution in [2.24, 2.45) is 0 Å². The van der Waals surface area contributed by atoms with Crippen LogP contribution in [0, 0.1) is 0 Å². The van der Waals surface area contributed by atoms with Gasteiger partial charge in [0.05, 0.1) is 0 Å². The first-order valence-electron chi connectivity index (χ1n) is 9.95. The minimum absolute atomic E-state index is 0.130. The Balaban J connectivity index is 1.41. The molecule has 1 heterocycles. The number of aliphatic hydroxyl groups excluding tert-OH is 1. The summed E-state index contributed by atoms with van der Waals surface area (Å²) in [5.41, 5.74) is 2.57. The fourth-order valence-electron chi connectivity index (χ4n) is 3.46. The third kappa shape index (κ3) is 5.87. The zero-order valence-corrected chi connectivity index (χ0v) is 17.8. The first-order valence-corrected chi connectivity index (χ1v) is 10.3.